The lowest BCUT2D eigenvalue weighted by Gasteiger charge is -2.10. The first-order chi connectivity index (χ1) is 12.3. The molecule has 0 N–H and O–H groups in total. The zero-order valence-electron chi connectivity index (χ0n) is 14.1. The molecule has 0 aliphatic rings. The maximum Gasteiger partial charge on any atom is 0.145 e. The molecule has 0 bridgehead atoms. The summed E-state index contributed by atoms with van der Waals surface area (Å²) in [6, 6.07) is 24.1. The van der Waals surface area contributed by atoms with Crippen molar-refractivity contribution in [3.05, 3.63) is 72.8 Å². The van der Waals surface area contributed by atoms with Crippen molar-refractivity contribution in [3.8, 4) is 28.6 Å². The molecule has 1 heterocycles. The van der Waals surface area contributed by atoms with Crippen molar-refractivity contribution in [1.29, 1.82) is 0 Å². The number of ether oxygens (including phenoxy) is 2. The van der Waals surface area contributed by atoms with Crippen molar-refractivity contribution >= 4 is 11.0 Å². The normalized spacial score (nSPS) is 10.8. The molecule has 0 aliphatic carbocycles. The van der Waals surface area contributed by atoms with Crippen LogP contribution < -0.4 is 9.47 Å². The first-order valence-electron chi connectivity index (χ1n) is 8.06. The van der Waals surface area contributed by atoms with E-state index in [2.05, 4.69) is 16.7 Å². The Morgan fingerprint density at radius 2 is 1.44 bits per heavy atom. The van der Waals surface area contributed by atoms with Gasteiger partial charge in [-0.05, 0) is 48.5 Å². The number of methoxy groups -OCH3 is 2. The van der Waals surface area contributed by atoms with Gasteiger partial charge >= 0.3 is 0 Å². The maximum absolute atomic E-state index is 5.40. The van der Waals surface area contributed by atoms with Crippen molar-refractivity contribution in [2.45, 2.75) is 0 Å². The summed E-state index contributed by atoms with van der Waals surface area (Å²) in [7, 11) is 3.34. The van der Waals surface area contributed by atoms with Gasteiger partial charge in [0.1, 0.15) is 17.3 Å². The van der Waals surface area contributed by atoms with Crippen LogP contribution in [0.4, 0.5) is 0 Å². The van der Waals surface area contributed by atoms with Crippen LogP contribution in [-0.4, -0.2) is 23.8 Å². The van der Waals surface area contributed by atoms with E-state index >= 15 is 0 Å². The molecule has 4 aromatic rings. The van der Waals surface area contributed by atoms with Gasteiger partial charge in [0.15, 0.2) is 0 Å². The van der Waals surface area contributed by atoms with Gasteiger partial charge in [-0.15, -0.1) is 0 Å². The second-order valence-corrected chi connectivity index (χ2v) is 5.69. The number of hydrogen-bond donors (Lipinski definition) is 0. The fourth-order valence-corrected chi connectivity index (χ4v) is 2.95. The molecule has 0 amide bonds. The molecule has 0 fully saturated rings. The Labute approximate surface area is 146 Å². The zero-order chi connectivity index (χ0) is 17.2. The molecule has 4 heteroatoms. The third kappa shape index (κ3) is 2.72. The van der Waals surface area contributed by atoms with Crippen LogP contribution in [-0.2, 0) is 0 Å². The van der Waals surface area contributed by atoms with E-state index in [-0.39, 0.29) is 0 Å². The van der Waals surface area contributed by atoms with Crippen LogP contribution in [0.15, 0.2) is 72.8 Å². The van der Waals surface area contributed by atoms with Gasteiger partial charge in [-0.3, -0.25) is 4.57 Å². The zero-order valence-corrected chi connectivity index (χ0v) is 14.1. The molecule has 4 rings (SSSR count). The average molecular weight is 330 g/mol. The van der Waals surface area contributed by atoms with E-state index in [4.69, 9.17) is 14.5 Å². The lowest BCUT2D eigenvalue weighted by Crippen LogP contribution is -1.97. The molecule has 25 heavy (non-hydrogen) atoms. The standard InChI is InChI=1S/C21H18N2O2/c1-24-17-10-8-15(9-11-17)21-22-19-13-12-18(25-2)14-20(19)23(21)16-6-4-3-5-7-16/h3-14H,1-2H3. The minimum absolute atomic E-state index is 0.811. The first-order valence-corrected chi connectivity index (χ1v) is 8.06. The van der Waals surface area contributed by atoms with Gasteiger partial charge < -0.3 is 9.47 Å². The van der Waals surface area contributed by atoms with Crippen molar-refractivity contribution in [2.24, 2.45) is 0 Å². The van der Waals surface area contributed by atoms with E-state index in [1.807, 2.05) is 60.7 Å². The van der Waals surface area contributed by atoms with Gasteiger partial charge in [0.25, 0.3) is 0 Å². The largest absolute Gasteiger partial charge is 0.497 e. The Hall–Kier alpha value is -3.27. The number of imidazole rings is 1. The Kier molecular flexibility index (Phi) is 3.86. The Morgan fingerprint density at radius 1 is 0.760 bits per heavy atom. The topological polar surface area (TPSA) is 36.3 Å². The molecule has 0 unspecified atom stereocenters. The minimum atomic E-state index is 0.811. The predicted molar refractivity (Wildman–Crippen MR) is 99.6 cm³/mol. The van der Waals surface area contributed by atoms with E-state index < -0.39 is 0 Å². The lowest BCUT2D eigenvalue weighted by atomic mass is 10.2. The number of para-hydroxylation sites is 1. The fourth-order valence-electron chi connectivity index (χ4n) is 2.95. The van der Waals surface area contributed by atoms with E-state index in [0.717, 1.165) is 39.6 Å². The maximum atomic E-state index is 5.40. The number of aromatic nitrogens is 2. The summed E-state index contributed by atoms with van der Waals surface area (Å²) >= 11 is 0. The van der Waals surface area contributed by atoms with Crippen molar-refractivity contribution in [3.63, 3.8) is 0 Å². The summed E-state index contributed by atoms with van der Waals surface area (Å²) in [5.74, 6) is 2.52. The molecular formula is C21H18N2O2. The molecule has 0 atom stereocenters. The molecule has 0 saturated carbocycles. The Bertz CT molecular complexity index is 1010. The summed E-state index contributed by atoms with van der Waals surface area (Å²) in [5, 5.41) is 0. The number of fused-ring (bicyclic) bond motifs is 1. The van der Waals surface area contributed by atoms with Crippen LogP contribution in [0.2, 0.25) is 0 Å². The summed E-state index contributed by atoms with van der Waals surface area (Å²) in [4.78, 5) is 4.86. The fraction of sp³-hybridized carbons (Fsp3) is 0.0952. The summed E-state index contributed by atoms with van der Waals surface area (Å²) in [6.07, 6.45) is 0. The minimum Gasteiger partial charge on any atom is -0.497 e. The number of rotatable bonds is 4. The Balaban J connectivity index is 1.99. The van der Waals surface area contributed by atoms with Crippen LogP contribution in [0.3, 0.4) is 0 Å². The van der Waals surface area contributed by atoms with Crippen molar-refractivity contribution in [1.82, 2.24) is 9.55 Å². The molecule has 124 valence electrons. The smallest absolute Gasteiger partial charge is 0.145 e. The summed E-state index contributed by atoms with van der Waals surface area (Å²) in [6.45, 7) is 0. The van der Waals surface area contributed by atoms with Gasteiger partial charge in [-0.2, -0.15) is 0 Å². The molecular weight excluding hydrogens is 312 g/mol. The van der Waals surface area contributed by atoms with Gasteiger partial charge in [0, 0.05) is 17.3 Å². The monoisotopic (exact) mass is 330 g/mol. The highest BCUT2D eigenvalue weighted by Gasteiger charge is 2.15. The Morgan fingerprint density at radius 3 is 2.12 bits per heavy atom. The van der Waals surface area contributed by atoms with Gasteiger partial charge in [-0.1, -0.05) is 18.2 Å². The first kappa shape index (κ1) is 15.3. The highest BCUT2D eigenvalue weighted by molar-refractivity contribution is 5.84. The van der Waals surface area contributed by atoms with Gasteiger partial charge in [0.2, 0.25) is 0 Å². The number of benzene rings is 3. The van der Waals surface area contributed by atoms with E-state index in [0.29, 0.717) is 0 Å². The van der Waals surface area contributed by atoms with Crippen LogP contribution in [0.1, 0.15) is 0 Å². The summed E-state index contributed by atoms with van der Waals surface area (Å²) in [5.41, 5.74) is 4.02. The van der Waals surface area contributed by atoms with Crippen molar-refractivity contribution in [2.75, 3.05) is 14.2 Å². The third-order valence-corrected chi connectivity index (χ3v) is 4.22. The molecule has 4 nitrogen and oxygen atoms in total. The predicted octanol–water partition coefficient (Wildman–Crippen LogP) is 4.71. The van der Waals surface area contributed by atoms with Crippen LogP contribution in [0.5, 0.6) is 11.5 Å². The second-order valence-electron chi connectivity index (χ2n) is 5.69. The number of nitrogens with zero attached hydrogens (tertiary/aromatic N) is 2. The third-order valence-electron chi connectivity index (χ3n) is 4.22. The quantitative estimate of drug-likeness (QED) is 0.544. The number of hydrogen-bond acceptors (Lipinski definition) is 3. The van der Waals surface area contributed by atoms with Crippen LogP contribution in [0, 0.1) is 0 Å². The highest BCUT2D eigenvalue weighted by atomic mass is 16.5. The highest BCUT2D eigenvalue weighted by Crippen LogP contribution is 2.31. The summed E-state index contributed by atoms with van der Waals surface area (Å²) < 4.78 is 12.8. The second kappa shape index (κ2) is 6.32. The molecule has 3 aromatic carbocycles. The molecule has 0 aliphatic heterocycles. The SMILES string of the molecule is COc1ccc(-c2nc3ccc(OC)cc3n2-c2ccccc2)cc1. The average Bonchev–Trinajstić information content (AvgIpc) is 3.07. The van der Waals surface area contributed by atoms with E-state index in [1.165, 1.54) is 0 Å². The van der Waals surface area contributed by atoms with Crippen LogP contribution >= 0.6 is 0 Å². The van der Waals surface area contributed by atoms with Crippen molar-refractivity contribution < 1.29 is 9.47 Å². The van der Waals surface area contributed by atoms with E-state index in [9.17, 15) is 0 Å². The lowest BCUT2D eigenvalue weighted by molar-refractivity contribution is 0.415. The van der Waals surface area contributed by atoms with E-state index in [1.54, 1.807) is 14.2 Å². The van der Waals surface area contributed by atoms with Gasteiger partial charge in [0.05, 0.1) is 25.3 Å². The molecule has 0 spiro atoms. The molecule has 0 radical (unpaired) electrons. The molecule has 1 aromatic heterocycles. The van der Waals surface area contributed by atoms with Gasteiger partial charge in [-0.25, -0.2) is 4.98 Å². The molecule has 0 saturated heterocycles. The van der Waals surface area contributed by atoms with Crippen LogP contribution in [0.25, 0.3) is 28.1 Å².